The number of carbonyl (C=O) groups excluding carboxylic acids is 1. The van der Waals surface area contributed by atoms with Crippen molar-refractivity contribution in [2.75, 3.05) is 7.05 Å². The van der Waals surface area contributed by atoms with Crippen LogP contribution in [-0.2, 0) is 23.9 Å². The Labute approximate surface area is 147 Å². The van der Waals surface area contributed by atoms with E-state index in [1.165, 1.54) is 48.3 Å². The highest BCUT2D eigenvalue weighted by molar-refractivity contribution is 5.78. The Balaban J connectivity index is 1.97. The topological polar surface area (TPSA) is 29.5 Å². The molecule has 0 heterocycles. The highest BCUT2D eigenvalue weighted by atomic mass is 19.4. The zero-order valence-electron chi connectivity index (χ0n) is 13.8. The number of carbonyl (C=O) groups is 1. The molecule has 0 radical (unpaired) electrons. The maximum absolute atomic E-state index is 12.7. The molecule has 0 unspecified atom stereocenters. The van der Waals surface area contributed by atoms with Gasteiger partial charge in [0.15, 0.2) is 0 Å². The molecule has 0 saturated carbocycles. The molecule has 0 bridgehead atoms. The fraction of sp³-hybridized carbons (Fsp3) is 0.278. The number of halogens is 5. The zero-order chi connectivity index (χ0) is 19.3. The molecule has 0 fully saturated rings. The summed E-state index contributed by atoms with van der Waals surface area (Å²) in [5.41, 5.74) is 0.129. The van der Waals surface area contributed by atoms with Crippen LogP contribution in [0, 0.1) is 0 Å². The van der Waals surface area contributed by atoms with Crippen LogP contribution in [0.1, 0.15) is 16.7 Å². The first-order chi connectivity index (χ1) is 12.1. The third kappa shape index (κ3) is 5.72. The molecule has 2 rings (SSSR count). The Morgan fingerprint density at radius 1 is 1.08 bits per heavy atom. The fourth-order valence-corrected chi connectivity index (χ4v) is 2.31. The average Bonchev–Trinajstić information content (AvgIpc) is 2.55. The maximum atomic E-state index is 12.7. The van der Waals surface area contributed by atoms with E-state index in [4.69, 9.17) is 0 Å². The Morgan fingerprint density at radius 2 is 1.73 bits per heavy atom. The normalized spacial score (nSPS) is 11.5. The molecule has 0 aliphatic carbocycles. The molecule has 0 aromatic heterocycles. The predicted molar refractivity (Wildman–Crippen MR) is 84.7 cm³/mol. The molecular formula is C18H16F5NO2. The smallest absolute Gasteiger partial charge is 0.416 e. The van der Waals surface area contributed by atoms with Gasteiger partial charge in [-0.1, -0.05) is 30.3 Å². The largest absolute Gasteiger partial charge is 0.435 e. The lowest BCUT2D eigenvalue weighted by Gasteiger charge is -2.18. The van der Waals surface area contributed by atoms with Crippen molar-refractivity contribution in [2.24, 2.45) is 0 Å². The second-order valence-electron chi connectivity index (χ2n) is 5.65. The summed E-state index contributed by atoms with van der Waals surface area (Å²) in [7, 11) is 1.51. The summed E-state index contributed by atoms with van der Waals surface area (Å²) < 4.78 is 66.6. The molecule has 0 atom stereocenters. The molecule has 2 aromatic carbocycles. The number of ether oxygens (including phenoxy) is 1. The SMILES string of the molecule is CN(Cc1ccc(OC(F)F)cc1)C(=O)Cc1cccc(C(F)(F)F)c1. The quantitative estimate of drug-likeness (QED) is 0.698. The highest BCUT2D eigenvalue weighted by Gasteiger charge is 2.30. The number of likely N-dealkylation sites (N-methyl/N-ethyl adjacent to an activating group) is 1. The number of rotatable bonds is 6. The summed E-state index contributed by atoms with van der Waals surface area (Å²) in [4.78, 5) is 13.6. The van der Waals surface area contributed by atoms with E-state index in [2.05, 4.69) is 4.74 Å². The lowest BCUT2D eigenvalue weighted by molar-refractivity contribution is -0.138. The van der Waals surface area contributed by atoms with Crippen molar-refractivity contribution >= 4 is 5.91 Å². The van der Waals surface area contributed by atoms with E-state index < -0.39 is 18.4 Å². The minimum atomic E-state index is -4.47. The lowest BCUT2D eigenvalue weighted by atomic mass is 10.1. The van der Waals surface area contributed by atoms with Gasteiger partial charge in [0.2, 0.25) is 5.91 Å². The van der Waals surface area contributed by atoms with E-state index in [1.54, 1.807) is 0 Å². The van der Waals surface area contributed by atoms with Crippen molar-refractivity contribution < 1.29 is 31.5 Å². The Morgan fingerprint density at radius 3 is 2.31 bits per heavy atom. The van der Waals surface area contributed by atoms with Gasteiger partial charge >= 0.3 is 12.8 Å². The summed E-state index contributed by atoms with van der Waals surface area (Å²) in [6, 6.07) is 10.4. The molecule has 3 nitrogen and oxygen atoms in total. The number of benzene rings is 2. The Hall–Kier alpha value is -2.64. The summed E-state index contributed by atoms with van der Waals surface area (Å²) in [5, 5.41) is 0. The first-order valence-electron chi connectivity index (χ1n) is 7.59. The standard InChI is InChI=1S/C18H16F5NO2/c1-24(11-12-5-7-15(8-6-12)26-17(19)20)16(25)10-13-3-2-4-14(9-13)18(21,22)23/h2-9,17H,10-11H2,1H3. The van der Waals surface area contributed by atoms with Crippen molar-refractivity contribution in [1.29, 1.82) is 0 Å². The lowest BCUT2D eigenvalue weighted by Crippen LogP contribution is -2.27. The molecule has 0 spiro atoms. The van der Waals surface area contributed by atoms with E-state index in [1.807, 2.05) is 0 Å². The summed E-state index contributed by atoms with van der Waals surface area (Å²) in [6.07, 6.45) is -4.64. The zero-order valence-corrected chi connectivity index (χ0v) is 13.8. The fourth-order valence-electron chi connectivity index (χ4n) is 2.31. The molecule has 0 aliphatic heterocycles. The number of amides is 1. The summed E-state index contributed by atoms with van der Waals surface area (Å²) in [5.74, 6) is -0.362. The van der Waals surface area contributed by atoms with E-state index in [0.717, 1.165) is 12.1 Å². The van der Waals surface area contributed by atoms with E-state index in [-0.39, 0.29) is 30.2 Å². The molecule has 8 heteroatoms. The van der Waals surface area contributed by atoms with Crippen molar-refractivity contribution in [3.05, 3.63) is 65.2 Å². The van der Waals surface area contributed by atoms with Crippen LogP contribution in [0.15, 0.2) is 48.5 Å². The number of nitrogens with zero attached hydrogens (tertiary/aromatic N) is 1. The van der Waals surface area contributed by atoms with Crippen LogP contribution in [0.25, 0.3) is 0 Å². The van der Waals surface area contributed by atoms with Gasteiger partial charge in [-0.15, -0.1) is 0 Å². The molecule has 2 aromatic rings. The van der Waals surface area contributed by atoms with Gasteiger partial charge in [0.25, 0.3) is 0 Å². The molecule has 0 saturated heterocycles. The van der Waals surface area contributed by atoms with Crippen LogP contribution >= 0.6 is 0 Å². The third-order valence-electron chi connectivity index (χ3n) is 3.60. The first kappa shape index (κ1) is 19.7. The van der Waals surface area contributed by atoms with Gasteiger partial charge in [-0.25, -0.2) is 0 Å². The summed E-state index contributed by atoms with van der Waals surface area (Å²) >= 11 is 0. The predicted octanol–water partition coefficient (Wildman–Crippen LogP) is 4.51. The maximum Gasteiger partial charge on any atom is 0.416 e. The molecule has 140 valence electrons. The number of alkyl halides is 5. The van der Waals surface area contributed by atoms with Gasteiger partial charge < -0.3 is 9.64 Å². The third-order valence-corrected chi connectivity index (χ3v) is 3.60. The van der Waals surface area contributed by atoms with Crippen LogP contribution in [-0.4, -0.2) is 24.5 Å². The van der Waals surface area contributed by atoms with Crippen molar-refractivity contribution in [3.8, 4) is 5.75 Å². The molecule has 0 N–H and O–H groups in total. The van der Waals surface area contributed by atoms with Crippen molar-refractivity contribution in [1.82, 2.24) is 4.90 Å². The minimum Gasteiger partial charge on any atom is -0.435 e. The van der Waals surface area contributed by atoms with Crippen LogP contribution in [0.5, 0.6) is 5.75 Å². The molecule has 1 amide bonds. The van der Waals surface area contributed by atoms with Gasteiger partial charge in [0.05, 0.1) is 12.0 Å². The highest BCUT2D eigenvalue weighted by Crippen LogP contribution is 2.29. The number of hydrogen-bond donors (Lipinski definition) is 0. The minimum absolute atomic E-state index is 0.00157. The van der Waals surface area contributed by atoms with Gasteiger partial charge in [-0.05, 0) is 29.3 Å². The van der Waals surface area contributed by atoms with Crippen molar-refractivity contribution in [3.63, 3.8) is 0 Å². The van der Waals surface area contributed by atoms with Crippen LogP contribution in [0.3, 0.4) is 0 Å². The van der Waals surface area contributed by atoms with E-state index in [9.17, 15) is 26.7 Å². The van der Waals surface area contributed by atoms with Crippen LogP contribution in [0.2, 0.25) is 0 Å². The second kappa shape index (κ2) is 8.16. The molecule has 26 heavy (non-hydrogen) atoms. The molecule has 0 aliphatic rings. The van der Waals surface area contributed by atoms with Crippen LogP contribution < -0.4 is 4.74 Å². The Kier molecular flexibility index (Phi) is 6.18. The Bertz CT molecular complexity index is 744. The number of hydrogen-bond acceptors (Lipinski definition) is 2. The first-order valence-corrected chi connectivity index (χ1v) is 7.59. The van der Waals surface area contributed by atoms with Gasteiger partial charge in [0, 0.05) is 13.6 Å². The van der Waals surface area contributed by atoms with Gasteiger partial charge in [-0.3, -0.25) is 4.79 Å². The van der Waals surface area contributed by atoms with Crippen molar-refractivity contribution in [2.45, 2.75) is 25.8 Å². The second-order valence-corrected chi connectivity index (χ2v) is 5.65. The van der Waals surface area contributed by atoms with Crippen LogP contribution in [0.4, 0.5) is 22.0 Å². The monoisotopic (exact) mass is 373 g/mol. The molecular weight excluding hydrogens is 357 g/mol. The average molecular weight is 373 g/mol. The van der Waals surface area contributed by atoms with E-state index in [0.29, 0.717) is 5.56 Å². The van der Waals surface area contributed by atoms with Gasteiger partial charge in [0.1, 0.15) is 5.75 Å². The summed E-state index contributed by atoms with van der Waals surface area (Å²) in [6.45, 7) is -2.73. The van der Waals surface area contributed by atoms with Gasteiger partial charge in [-0.2, -0.15) is 22.0 Å². The van der Waals surface area contributed by atoms with E-state index >= 15 is 0 Å².